The molecule has 0 amide bonds. The molecule has 0 unspecified atom stereocenters. The van der Waals surface area contributed by atoms with Gasteiger partial charge in [-0.05, 0) is 11.6 Å². The van der Waals surface area contributed by atoms with Crippen LogP contribution in [-0.2, 0) is 0 Å². The lowest BCUT2D eigenvalue weighted by Gasteiger charge is -2.06. The van der Waals surface area contributed by atoms with E-state index in [1.54, 1.807) is 0 Å². The summed E-state index contributed by atoms with van der Waals surface area (Å²) >= 11 is 0. The second-order valence-electron chi connectivity index (χ2n) is 2.98. The molecule has 2 N–H and O–H groups in total. The van der Waals surface area contributed by atoms with Gasteiger partial charge in [-0.25, -0.2) is 0 Å². The van der Waals surface area contributed by atoms with E-state index in [1.807, 2.05) is 54.6 Å². The summed E-state index contributed by atoms with van der Waals surface area (Å²) < 4.78 is 0. The fraction of sp³-hybridized carbons (Fsp3) is 0. The summed E-state index contributed by atoms with van der Waals surface area (Å²) in [6.07, 6.45) is 0. The summed E-state index contributed by atoms with van der Waals surface area (Å²) in [6, 6.07) is 17.7. The summed E-state index contributed by atoms with van der Waals surface area (Å²) in [5.74, 6) is 5.88. The van der Waals surface area contributed by atoms with Gasteiger partial charge >= 0.3 is 0 Å². The molecule has 2 nitrogen and oxygen atoms in total. The van der Waals surface area contributed by atoms with Crippen LogP contribution in [0.1, 0.15) is 0 Å². The van der Waals surface area contributed by atoms with Gasteiger partial charge in [0.1, 0.15) is 0 Å². The Morgan fingerprint density at radius 3 is 2.14 bits per heavy atom. The van der Waals surface area contributed by atoms with Crippen LogP contribution >= 0.6 is 0 Å². The minimum absolute atomic E-state index is 0.693. The third-order valence-corrected chi connectivity index (χ3v) is 2.10. The van der Waals surface area contributed by atoms with Crippen molar-refractivity contribution in [3.63, 3.8) is 0 Å². The summed E-state index contributed by atoms with van der Waals surface area (Å²) in [5.41, 5.74) is 2.11. The maximum atomic E-state index is 5.19. The van der Waals surface area contributed by atoms with Gasteiger partial charge in [0.15, 0.2) is 5.75 Å². The Hall–Kier alpha value is -1.80. The van der Waals surface area contributed by atoms with Crippen LogP contribution in [0.2, 0.25) is 0 Å². The monoisotopic (exact) mass is 185 g/mol. The van der Waals surface area contributed by atoms with Gasteiger partial charge in [0.2, 0.25) is 0 Å². The van der Waals surface area contributed by atoms with Crippen LogP contribution in [0.15, 0.2) is 54.6 Å². The van der Waals surface area contributed by atoms with Crippen molar-refractivity contribution in [2.45, 2.75) is 0 Å². The molecule has 0 saturated carbocycles. The Labute approximate surface area is 82.9 Å². The Morgan fingerprint density at radius 1 is 0.786 bits per heavy atom. The molecule has 0 aliphatic heterocycles. The van der Waals surface area contributed by atoms with Crippen LogP contribution in [-0.4, -0.2) is 0 Å². The SMILES string of the molecule is NOc1ccccc1-c1ccccc1. The normalized spacial score (nSPS) is 9.79. The Kier molecular flexibility index (Phi) is 2.47. The summed E-state index contributed by atoms with van der Waals surface area (Å²) in [7, 11) is 0. The molecule has 2 heteroatoms. The Balaban J connectivity index is 2.51. The van der Waals surface area contributed by atoms with E-state index in [0.29, 0.717) is 5.75 Å². The second kappa shape index (κ2) is 3.94. The van der Waals surface area contributed by atoms with Crippen LogP contribution in [0.25, 0.3) is 11.1 Å². The minimum Gasteiger partial charge on any atom is -0.411 e. The van der Waals surface area contributed by atoms with Gasteiger partial charge in [-0.15, -0.1) is 0 Å². The molecule has 0 fully saturated rings. The van der Waals surface area contributed by atoms with Gasteiger partial charge < -0.3 is 4.84 Å². The van der Waals surface area contributed by atoms with Crippen molar-refractivity contribution >= 4 is 0 Å². The molecule has 0 bridgehead atoms. The highest BCUT2D eigenvalue weighted by molar-refractivity contribution is 5.70. The van der Waals surface area contributed by atoms with Crippen molar-refractivity contribution in [1.29, 1.82) is 0 Å². The lowest BCUT2D eigenvalue weighted by Crippen LogP contribution is -2.02. The van der Waals surface area contributed by atoms with E-state index in [-0.39, 0.29) is 0 Å². The lowest BCUT2D eigenvalue weighted by molar-refractivity contribution is 0.336. The molecule has 0 heterocycles. The minimum atomic E-state index is 0.693. The van der Waals surface area contributed by atoms with Gasteiger partial charge in [0, 0.05) is 5.56 Å². The third kappa shape index (κ3) is 1.60. The summed E-state index contributed by atoms with van der Waals surface area (Å²) in [4.78, 5) is 4.80. The average molecular weight is 185 g/mol. The second-order valence-corrected chi connectivity index (χ2v) is 2.98. The first kappa shape index (κ1) is 8.78. The molecule has 0 saturated heterocycles. The van der Waals surface area contributed by atoms with Crippen molar-refractivity contribution in [1.82, 2.24) is 0 Å². The van der Waals surface area contributed by atoms with Crippen molar-refractivity contribution < 1.29 is 4.84 Å². The van der Waals surface area contributed by atoms with Gasteiger partial charge in [0.25, 0.3) is 0 Å². The molecule has 2 aromatic carbocycles. The molecule has 2 rings (SSSR count). The van der Waals surface area contributed by atoms with E-state index >= 15 is 0 Å². The zero-order chi connectivity index (χ0) is 9.80. The smallest absolute Gasteiger partial charge is 0.154 e. The highest BCUT2D eigenvalue weighted by Crippen LogP contribution is 2.28. The van der Waals surface area contributed by atoms with Gasteiger partial charge in [-0.3, -0.25) is 0 Å². The predicted octanol–water partition coefficient (Wildman–Crippen LogP) is 2.61. The van der Waals surface area contributed by atoms with E-state index in [4.69, 9.17) is 10.7 Å². The predicted molar refractivity (Wildman–Crippen MR) is 56.7 cm³/mol. The molecule has 70 valence electrons. The van der Waals surface area contributed by atoms with Crippen LogP contribution < -0.4 is 10.7 Å². The summed E-state index contributed by atoms with van der Waals surface area (Å²) in [6.45, 7) is 0. The van der Waals surface area contributed by atoms with Crippen LogP contribution in [0.3, 0.4) is 0 Å². The van der Waals surface area contributed by atoms with Crippen molar-refractivity contribution in [3.05, 3.63) is 54.6 Å². The fourth-order valence-electron chi connectivity index (χ4n) is 1.43. The average Bonchev–Trinajstić information content (AvgIpc) is 2.30. The number of para-hydroxylation sites is 1. The highest BCUT2D eigenvalue weighted by atomic mass is 16.6. The topological polar surface area (TPSA) is 35.2 Å². The first-order valence-electron chi connectivity index (χ1n) is 4.43. The van der Waals surface area contributed by atoms with Crippen molar-refractivity contribution in [3.8, 4) is 16.9 Å². The molecular formula is C12H11NO. The van der Waals surface area contributed by atoms with E-state index in [2.05, 4.69) is 0 Å². The molecular weight excluding hydrogens is 174 g/mol. The third-order valence-electron chi connectivity index (χ3n) is 2.10. The standard InChI is InChI=1S/C12H11NO/c13-14-12-9-5-4-8-11(12)10-6-2-1-3-7-10/h1-9H,13H2. The van der Waals surface area contributed by atoms with Crippen LogP contribution in [0.5, 0.6) is 5.75 Å². The quantitative estimate of drug-likeness (QED) is 0.730. The molecule has 2 aromatic rings. The van der Waals surface area contributed by atoms with E-state index < -0.39 is 0 Å². The van der Waals surface area contributed by atoms with Crippen molar-refractivity contribution in [2.75, 3.05) is 0 Å². The Morgan fingerprint density at radius 2 is 1.43 bits per heavy atom. The molecule has 0 aliphatic carbocycles. The van der Waals surface area contributed by atoms with Crippen LogP contribution in [0, 0.1) is 0 Å². The van der Waals surface area contributed by atoms with E-state index in [9.17, 15) is 0 Å². The zero-order valence-electron chi connectivity index (χ0n) is 7.68. The van der Waals surface area contributed by atoms with Crippen molar-refractivity contribution in [2.24, 2.45) is 5.90 Å². The number of nitrogens with two attached hydrogens (primary N) is 1. The number of hydrogen-bond acceptors (Lipinski definition) is 2. The van der Waals surface area contributed by atoms with Gasteiger partial charge in [-0.2, -0.15) is 5.90 Å². The Bertz CT molecular complexity index is 412. The molecule has 0 spiro atoms. The summed E-state index contributed by atoms with van der Waals surface area (Å²) in [5, 5.41) is 0. The zero-order valence-corrected chi connectivity index (χ0v) is 7.68. The number of hydrogen-bond donors (Lipinski definition) is 1. The van der Waals surface area contributed by atoms with E-state index in [0.717, 1.165) is 11.1 Å². The molecule has 0 aromatic heterocycles. The fourth-order valence-corrected chi connectivity index (χ4v) is 1.43. The molecule has 0 radical (unpaired) electrons. The molecule has 0 atom stereocenters. The highest BCUT2D eigenvalue weighted by Gasteiger charge is 2.03. The van der Waals surface area contributed by atoms with E-state index in [1.165, 1.54) is 0 Å². The number of rotatable bonds is 2. The maximum absolute atomic E-state index is 5.19. The first-order chi connectivity index (χ1) is 6.92. The number of benzene rings is 2. The van der Waals surface area contributed by atoms with Gasteiger partial charge in [-0.1, -0.05) is 48.5 Å². The molecule has 14 heavy (non-hydrogen) atoms. The molecule has 0 aliphatic rings. The van der Waals surface area contributed by atoms with Gasteiger partial charge in [0.05, 0.1) is 0 Å². The van der Waals surface area contributed by atoms with Crippen LogP contribution in [0.4, 0.5) is 0 Å². The first-order valence-corrected chi connectivity index (χ1v) is 4.43. The lowest BCUT2D eigenvalue weighted by atomic mass is 10.1. The largest absolute Gasteiger partial charge is 0.411 e. The maximum Gasteiger partial charge on any atom is 0.154 e.